The molecule has 0 amide bonds. The molecule has 0 unspecified atom stereocenters. The first kappa shape index (κ1) is 32.5. The molecule has 8 nitrogen and oxygen atoms in total. The number of aliphatic hydroxyl groups excluding tert-OH is 1. The summed E-state index contributed by atoms with van der Waals surface area (Å²) in [5.74, 6) is -1.36. The molecule has 1 aliphatic heterocycles. The Morgan fingerprint density at radius 2 is 1.25 bits per heavy atom. The Hall–Kier alpha value is 0.331. The van der Waals surface area contributed by atoms with E-state index in [2.05, 4.69) is 39.3 Å². The van der Waals surface area contributed by atoms with E-state index in [1.54, 1.807) is 7.11 Å². The fraction of sp³-hybridized carbons (Fsp3) is 1.00. The minimum Gasteiger partial charge on any atom is -0.395 e. The summed E-state index contributed by atoms with van der Waals surface area (Å²) in [6.45, 7) is 12.7. The van der Waals surface area contributed by atoms with Crippen LogP contribution < -0.4 is 0 Å². The van der Waals surface area contributed by atoms with Gasteiger partial charge >= 0.3 is 9.05 Å². The molecule has 11 heteroatoms. The Morgan fingerprint density at radius 1 is 0.778 bits per heavy atom. The second-order valence-corrected chi connectivity index (χ2v) is 23.9. The minimum atomic E-state index is -3.63. The largest absolute Gasteiger partial charge is 0.658 e. The molecular formula is C25H54O8Si3. The van der Waals surface area contributed by atoms with Crippen molar-refractivity contribution in [3.63, 3.8) is 0 Å². The zero-order valence-electron chi connectivity index (χ0n) is 24.2. The third-order valence-electron chi connectivity index (χ3n) is 6.54. The van der Waals surface area contributed by atoms with Gasteiger partial charge < -0.3 is 36.4 Å². The third-order valence-corrected chi connectivity index (χ3v) is 14.6. The molecule has 1 aliphatic carbocycles. The van der Waals surface area contributed by atoms with E-state index >= 15 is 0 Å². The molecule has 0 aromatic heterocycles. The van der Waals surface area contributed by atoms with Crippen LogP contribution >= 0.6 is 0 Å². The van der Waals surface area contributed by atoms with Crippen molar-refractivity contribution in [3.8, 4) is 0 Å². The topological polar surface area (TPSA) is 84.8 Å². The van der Waals surface area contributed by atoms with E-state index in [0.717, 1.165) is 25.7 Å². The van der Waals surface area contributed by atoms with Gasteiger partial charge in [0.1, 0.15) is 6.10 Å². The molecule has 0 bridgehead atoms. The van der Waals surface area contributed by atoms with Crippen LogP contribution in [0, 0.1) is 0 Å². The van der Waals surface area contributed by atoms with Gasteiger partial charge in [-0.25, -0.2) is 0 Å². The van der Waals surface area contributed by atoms with E-state index in [1.165, 1.54) is 52.1 Å². The van der Waals surface area contributed by atoms with Gasteiger partial charge in [-0.05, 0) is 52.1 Å². The lowest BCUT2D eigenvalue weighted by atomic mass is 10.00. The highest BCUT2D eigenvalue weighted by Crippen LogP contribution is 2.35. The molecule has 36 heavy (non-hydrogen) atoms. The van der Waals surface area contributed by atoms with E-state index in [1.807, 2.05) is 0 Å². The molecule has 2 aliphatic rings. The molecule has 0 spiro atoms. The number of hydrogen-bond donors (Lipinski definition) is 1. The second kappa shape index (κ2) is 14.6. The summed E-state index contributed by atoms with van der Waals surface area (Å²) < 4.78 is 43.9. The summed E-state index contributed by atoms with van der Waals surface area (Å²) in [6, 6.07) is 0. The fourth-order valence-electron chi connectivity index (χ4n) is 4.78. The Labute approximate surface area is 223 Å². The van der Waals surface area contributed by atoms with E-state index in [4.69, 9.17) is 31.3 Å². The molecule has 0 radical (unpaired) electrons. The van der Waals surface area contributed by atoms with Crippen molar-refractivity contribution in [2.45, 2.75) is 141 Å². The lowest BCUT2D eigenvalue weighted by molar-refractivity contribution is -0.290. The van der Waals surface area contributed by atoms with Crippen molar-refractivity contribution in [2.75, 3.05) is 20.8 Å². The van der Waals surface area contributed by atoms with Gasteiger partial charge in [-0.3, -0.25) is 0 Å². The number of ether oxygens (including phenoxy) is 3. The summed E-state index contributed by atoms with van der Waals surface area (Å²) in [7, 11) is -4.84. The standard InChI is InChI=1S/C25H54O8Si3/c1-27-24-20-23(26)25(28-2,30-24)21-29-36(32-34(3,4)5,33-35(6,7)8)31-22-18-16-14-12-10-9-11-13-15-17-19-22/h22-24,26H,9-21H2,1-8H3/t23-,24+,25+/m0/s1. The lowest BCUT2D eigenvalue weighted by Gasteiger charge is -2.41. The van der Waals surface area contributed by atoms with Crippen LogP contribution in [0.4, 0.5) is 0 Å². The van der Waals surface area contributed by atoms with Crippen LogP contribution in [-0.2, 0) is 31.3 Å². The molecule has 1 saturated heterocycles. The molecule has 2 fully saturated rings. The Bertz CT molecular complexity index is 599. The van der Waals surface area contributed by atoms with Gasteiger partial charge in [-0.2, -0.15) is 0 Å². The van der Waals surface area contributed by atoms with E-state index in [-0.39, 0.29) is 12.7 Å². The summed E-state index contributed by atoms with van der Waals surface area (Å²) in [4.78, 5) is 0. The lowest BCUT2D eigenvalue weighted by Crippen LogP contribution is -2.62. The molecule has 1 heterocycles. The van der Waals surface area contributed by atoms with E-state index in [0.29, 0.717) is 6.42 Å². The van der Waals surface area contributed by atoms with Crippen molar-refractivity contribution < 1.29 is 36.4 Å². The maximum Gasteiger partial charge on any atom is 0.658 e. The molecule has 1 N–H and O–H groups in total. The van der Waals surface area contributed by atoms with Gasteiger partial charge in [0.05, 0.1) is 12.7 Å². The van der Waals surface area contributed by atoms with Crippen molar-refractivity contribution in [3.05, 3.63) is 0 Å². The van der Waals surface area contributed by atoms with Gasteiger partial charge in [0.15, 0.2) is 22.9 Å². The highest BCUT2D eigenvalue weighted by molar-refractivity contribution is 6.83. The smallest absolute Gasteiger partial charge is 0.395 e. The van der Waals surface area contributed by atoms with Crippen LogP contribution in [0.5, 0.6) is 0 Å². The molecule has 0 aromatic rings. The molecule has 214 valence electrons. The summed E-state index contributed by atoms with van der Waals surface area (Å²) in [5.41, 5.74) is 0. The van der Waals surface area contributed by atoms with Crippen LogP contribution in [0.25, 0.3) is 0 Å². The molecule has 0 aromatic carbocycles. The average molecular weight is 567 g/mol. The number of aliphatic hydroxyl groups is 1. The van der Waals surface area contributed by atoms with E-state index in [9.17, 15) is 5.11 Å². The first-order valence-corrected chi connectivity index (χ1v) is 22.4. The summed E-state index contributed by atoms with van der Waals surface area (Å²) in [5, 5.41) is 10.8. The van der Waals surface area contributed by atoms with Gasteiger partial charge in [-0.15, -0.1) is 0 Å². The molecular weight excluding hydrogens is 513 g/mol. The normalized spacial score (nSPS) is 28.6. The predicted molar refractivity (Wildman–Crippen MR) is 148 cm³/mol. The van der Waals surface area contributed by atoms with Crippen molar-refractivity contribution >= 4 is 25.7 Å². The number of hydrogen-bond acceptors (Lipinski definition) is 8. The third kappa shape index (κ3) is 11.2. The predicted octanol–water partition coefficient (Wildman–Crippen LogP) is 5.93. The average Bonchev–Trinajstić information content (AvgIpc) is 3.08. The van der Waals surface area contributed by atoms with Crippen LogP contribution in [0.2, 0.25) is 39.3 Å². The molecule has 1 saturated carbocycles. The molecule has 2 rings (SSSR count). The zero-order valence-corrected chi connectivity index (χ0v) is 27.2. The van der Waals surface area contributed by atoms with Crippen LogP contribution in [0.3, 0.4) is 0 Å². The van der Waals surface area contributed by atoms with Crippen molar-refractivity contribution in [1.82, 2.24) is 0 Å². The Morgan fingerprint density at radius 3 is 1.64 bits per heavy atom. The van der Waals surface area contributed by atoms with Gasteiger partial charge in [0, 0.05) is 20.6 Å². The highest BCUT2D eigenvalue weighted by Gasteiger charge is 2.57. The Balaban J connectivity index is 2.30. The quantitative estimate of drug-likeness (QED) is 0.308. The first-order chi connectivity index (χ1) is 16.8. The van der Waals surface area contributed by atoms with Crippen LogP contribution in [0.1, 0.15) is 77.0 Å². The maximum atomic E-state index is 10.8. The van der Waals surface area contributed by atoms with Crippen LogP contribution in [0.15, 0.2) is 0 Å². The fourth-order valence-corrected chi connectivity index (χ4v) is 13.3. The van der Waals surface area contributed by atoms with Crippen molar-refractivity contribution in [1.29, 1.82) is 0 Å². The van der Waals surface area contributed by atoms with Gasteiger partial charge in [0.2, 0.25) is 5.79 Å². The zero-order chi connectivity index (χ0) is 26.9. The van der Waals surface area contributed by atoms with Crippen molar-refractivity contribution in [2.24, 2.45) is 0 Å². The second-order valence-electron chi connectivity index (χ2n) is 12.3. The Kier molecular flexibility index (Phi) is 13.2. The summed E-state index contributed by atoms with van der Waals surface area (Å²) >= 11 is 0. The van der Waals surface area contributed by atoms with E-state index < -0.39 is 43.9 Å². The summed E-state index contributed by atoms with van der Waals surface area (Å²) in [6.07, 6.45) is 12.1. The van der Waals surface area contributed by atoms with Gasteiger partial charge in [0.25, 0.3) is 0 Å². The highest BCUT2D eigenvalue weighted by atomic mass is 28.5. The first-order valence-electron chi connectivity index (χ1n) is 14.0. The monoisotopic (exact) mass is 566 g/mol. The SMILES string of the molecule is CO[C@H]1C[C@H](O)[C@](CO[Si](OC2CCCCCCCCCCC2)(O[Si](C)(C)C)O[Si](C)(C)C)(OC)O1. The number of methoxy groups -OCH3 is 2. The van der Waals surface area contributed by atoms with Gasteiger partial charge in [-0.1, -0.05) is 57.8 Å². The minimum absolute atomic E-state index is 0.0171. The van der Waals surface area contributed by atoms with Crippen LogP contribution in [-0.4, -0.2) is 75.9 Å². The maximum absolute atomic E-state index is 10.8. The molecule has 3 atom stereocenters. The number of rotatable bonds is 11.